The zero-order chi connectivity index (χ0) is 16.4. The second kappa shape index (κ2) is 6.84. The lowest BCUT2D eigenvalue weighted by Gasteiger charge is -2.39. The average Bonchev–Trinajstić information content (AvgIpc) is 3.10. The summed E-state index contributed by atoms with van der Waals surface area (Å²) in [5.41, 5.74) is 0. The molecule has 6 nitrogen and oxygen atoms in total. The molecule has 0 saturated carbocycles. The zero-order valence-corrected chi connectivity index (χ0v) is 14.6. The maximum Gasteiger partial charge on any atom is 0.171 e. The van der Waals surface area contributed by atoms with E-state index in [1.807, 2.05) is 0 Å². The molecule has 0 N–H and O–H groups in total. The molecule has 3 aliphatic heterocycles. The molecule has 6 heteroatoms. The molecule has 1 unspecified atom stereocenters. The van der Waals surface area contributed by atoms with Crippen molar-refractivity contribution in [3.8, 4) is 0 Å². The van der Waals surface area contributed by atoms with Gasteiger partial charge in [-0.25, -0.2) is 9.97 Å². The highest BCUT2D eigenvalue weighted by atomic mass is 16.7. The lowest BCUT2D eigenvalue weighted by molar-refractivity contribution is -0.169. The van der Waals surface area contributed by atoms with Crippen LogP contribution in [-0.4, -0.2) is 54.6 Å². The Morgan fingerprint density at radius 2 is 1.83 bits per heavy atom. The largest absolute Gasteiger partial charge is 0.356 e. The average molecular weight is 332 g/mol. The van der Waals surface area contributed by atoms with Gasteiger partial charge in [0, 0.05) is 44.6 Å². The minimum atomic E-state index is -0.327. The van der Waals surface area contributed by atoms with Gasteiger partial charge in [0.15, 0.2) is 5.79 Å². The summed E-state index contributed by atoms with van der Waals surface area (Å²) >= 11 is 0. The predicted molar refractivity (Wildman–Crippen MR) is 93.4 cm³/mol. The van der Waals surface area contributed by atoms with Gasteiger partial charge >= 0.3 is 0 Å². The van der Waals surface area contributed by atoms with Gasteiger partial charge in [0.25, 0.3) is 0 Å². The van der Waals surface area contributed by atoms with Crippen LogP contribution in [0.25, 0.3) is 0 Å². The van der Waals surface area contributed by atoms with Crippen LogP contribution in [0.2, 0.25) is 0 Å². The lowest BCUT2D eigenvalue weighted by Crippen LogP contribution is -2.45. The van der Waals surface area contributed by atoms with E-state index in [0.717, 1.165) is 57.3 Å². The second-order valence-corrected chi connectivity index (χ2v) is 7.08. The van der Waals surface area contributed by atoms with E-state index in [1.54, 1.807) is 6.33 Å². The summed E-state index contributed by atoms with van der Waals surface area (Å²) in [7, 11) is 0. The molecular weight excluding hydrogens is 304 g/mol. The van der Waals surface area contributed by atoms with E-state index in [1.165, 1.54) is 25.7 Å². The summed E-state index contributed by atoms with van der Waals surface area (Å²) in [6.07, 6.45) is 8.59. The normalized spacial score (nSPS) is 27.0. The first-order chi connectivity index (χ1) is 11.8. The SMILES string of the molecule is CCC1CCCCN1c1cc(N2CCC3(CC2)OCCO3)ncn1. The Balaban J connectivity index is 1.47. The van der Waals surface area contributed by atoms with E-state index in [9.17, 15) is 0 Å². The fraction of sp³-hybridized carbons (Fsp3) is 0.778. The molecule has 1 atom stereocenters. The van der Waals surface area contributed by atoms with E-state index >= 15 is 0 Å². The number of anilines is 2. The minimum Gasteiger partial charge on any atom is -0.356 e. The van der Waals surface area contributed by atoms with Crippen molar-refractivity contribution in [2.45, 2.75) is 57.3 Å². The topological polar surface area (TPSA) is 50.7 Å². The molecule has 1 aromatic heterocycles. The van der Waals surface area contributed by atoms with Crippen LogP contribution in [0.15, 0.2) is 12.4 Å². The number of hydrogen-bond acceptors (Lipinski definition) is 6. The Labute approximate surface area is 144 Å². The van der Waals surface area contributed by atoms with E-state index in [2.05, 4.69) is 32.8 Å². The molecule has 0 bridgehead atoms. The molecule has 24 heavy (non-hydrogen) atoms. The summed E-state index contributed by atoms with van der Waals surface area (Å²) in [6, 6.07) is 2.79. The second-order valence-electron chi connectivity index (χ2n) is 7.08. The summed E-state index contributed by atoms with van der Waals surface area (Å²) < 4.78 is 11.6. The highest BCUT2D eigenvalue weighted by molar-refractivity contribution is 5.51. The quantitative estimate of drug-likeness (QED) is 0.848. The zero-order valence-electron chi connectivity index (χ0n) is 14.6. The number of nitrogens with zero attached hydrogens (tertiary/aromatic N) is 4. The van der Waals surface area contributed by atoms with E-state index < -0.39 is 0 Å². The van der Waals surface area contributed by atoms with Gasteiger partial charge in [-0.1, -0.05) is 6.92 Å². The van der Waals surface area contributed by atoms with Crippen LogP contribution in [0.5, 0.6) is 0 Å². The van der Waals surface area contributed by atoms with Crippen LogP contribution in [0.4, 0.5) is 11.6 Å². The third-order valence-corrected chi connectivity index (χ3v) is 5.69. The highest BCUT2D eigenvalue weighted by Gasteiger charge is 2.40. The van der Waals surface area contributed by atoms with Crippen molar-refractivity contribution in [2.75, 3.05) is 42.6 Å². The van der Waals surface area contributed by atoms with Crippen molar-refractivity contribution in [2.24, 2.45) is 0 Å². The summed E-state index contributed by atoms with van der Waals surface area (Å²) in [6.45, 7) is 6.69. The molecule has 1 spiro atoms. The fourth-order valence-corrected chi connectivity index (χ4v) is 4.26. The van der Waals surface area contributed by atoms with Crippen molar-refractivity contribution in [3.05, 3.63) is 12.4 Å². The molecule has 132 valence electrons. The Bertz CT molecular complexity index is 552. The van der Waals surface area contributed by atoms with Crippen LogP contribution in [0.1, 0.15) is 45.4 Å². The number of hydrogen-bond donors (Lipinski definition) is 0. The fourth-order valence-electron chi connectivity index (χ4n) is 4.26. The van der Waals surface area contributed by atoms with E-state index in [0.29, 0.717) is 6.04 Å². The summed E-state index contributed by atoms with van der Waals surface area (Å²) in [4.78, 5) is 13.9. The first kappa shape index (κ1) is 16.1. The molecule has 0 radical (unpaired) electrons. The van der Waals surface area contributed by atoms with E-state index in [4.69, 9.17) is 9.47 Å². The van der Waals surface area contributed by atoms with Crippen molar-refractivity contribution in [1.29, 1.82) is 0 Å². The Kier molecular flexibility index (Phi) is 4.59. The first-order valence-corrected chi connectivity index (χ1v) is 9.41. The van der Waals surface area contributed by atoms with Gasteiger partial charge in [-0.05, 0) is 25.7 Å². The van der Waals surface area contributed by atoms with Crippen LogP contribution in [0, 0.1) is 0 Å². The van der Waals surface area contributed by atoms with Gasteiger partial charge in [0.1, 0.15) is 18.0 Å². The monoisotopic (exact) mass is 332 g/mol. The number of piperidine rings is 2. The summed E-state index contributed by atoms with van der Waals surface area (Å²) in [5.74, 6) is 1.79. The molecule has 0 amide bonds. The van der Waals surface area contributed by atoms with Gasteiger partial charge in [0.2, 0.25) is 0 Å². The third kappa shape index (κ3) is 3.09. The molecule has 0 aliphatic carbocycles. The van der Waals surface area contributed by atoms with Crippen molar-refractivity contribution < 1.29 is 9.47 Å². The van der Waals surface area contributed by atoms with Gasteiger partial charge in [-0.3, -0.25) is 0 Å². The predicted octanol–water partition coefficient (Wildman–Crippen LogP) is 2.59. The van der Waals surface area contributed by atoms with Crippen LogP contribution in [-0.2, 0) is 9.47 Å². The van der Waals surface area contributed by atoms with Gasteiger partial charge < -0.3 is 19.3 Å². The Hall–Kier alpha value is -1.40. The molecule has 3 fully saturated rings. The number of ether oxygens (including phenoxy) is 2. The maximum absolute atomic E-state index is 5.82. The standard InChI is InChI=1S/C18H28N4O2/c1-2-15-5-3-4-8-22(15)17-13-16(19-14-20-17)21-9-6-18(7-10-21)23-11-12-24-18/h13-15H,2-12H2,1H3. The van der Waals surface area contributed by atoms with Crippen molar-refractivity contribution in [3.63, 3.8) is 0 Å². The molecule has 1 aromatic rings. The molecule has 0 aromatic carbocycles. The van der Waals surface area contributed by atoms with Crippen LogP contribution < -0.4 is 9.80 Å². The molecule has 3 aliphatic rings. The van der Waals surface area contributed by atoms with Gasteiger partial charge in [-0.15, -0.1) is 0 Å². The molecule has 4 heterocycles. The van der Waals surface area contributed by atoms with Crippen LogP contribution in [0.3, 0.4) is 0 Å². The number of aromatic nitrogens is 2. The van der Waals surface area contributed by atoms with Crippen molar-refractivity contribution >= 4 is 11.6 Å². The summed E-state index contributed by atoms with van der Waals surface area (Å²) in [5, 5.41) is 0. The maximum atomic E-state index is 5.82. The third-order valence-electron chi connectivity index (χ3n) is 5.69. The highest BCUT2D eigenvalue weighted by Crippen LogP contribution is 2.33. The van der Waals surface area contributed by atoms with Crippen molar-refractivity contribution in [1.82, 2.24) is 9.97 Å². The van der Waals surface area contributed by atoms with Crippen LogP contribution >= 0.6 is 0 Å². The molecule has 4 rings (SSSR count). The molecule has 3 saturated heterocycles. The minimum absolute atomic E-state index is 0.327. The Morgan fingerprint density at radius 3 is 2.58 bits per heavy atom. The molecular formula is C18H28N4O2. The number of rotatable bonds is 3. The van der Waals surface area contributed by atoms with E-state index in [-0.39, 0.29) is 5.79 Å². The first-order valence-electron chi connectivity index (χ1n) is 9.41. The van der Waals surface area contributed by atoms with Gasteiger partial charge in [-0.2, -0.15) is 0 Å². The Morgan fingerprint density at radius 1 is 1.08 bits per heavy atom. The van der Waals surface area contributed by atoms with Gasteiger partial charge in [0.05, 0.1) is 13.2 Å². The smallest absolute Gasteiger partial charge is 0.171 e. The lowest BCUT2D eigenvalue weighted by atomic mass is 10.00.